The van der Waals surface area contributed by atoms with Gasteiger partial charge < -0.3 is 20.6 Å². The van der Waals surface area contributed by atoms with Crippen LogP contribution in [0, 0.1) is 11.6 Å². The Bertz CT molecular complexity index is 1140. The molecular formula is C26H30ClF5N4O2. The standard InChI is InChI=1S/C26H30ClF5N4O2/c27-17-5-7-19(21(14-17)36-12-10-35(11-13-36)9-8-26(30,31)32)34-25(38)18-6-4-16(23(28)24(18)29)15-33-20-2-1-3-22(20)37/h4-7,14,20,22,33,37H,1-3,8-13,15H2,(H,34,38)/t20-,22-/m1/s1. The van der Waals surface area contributed by atoms with Crippen LogP contribution in [0.15, 0.2) is 30.3 Å². The van der Waals surface area contributed by atoms with Crippen molar-refractivity contribution >= 4 is 28.9 Å². The number of benzene rings is 2. The van der Waals surface area contributed by atoms with Gasteiger partial charge in [0.05, 0.1) is 29.5 Å². The number of rotatable bonds is 8. The number of aliphatic hydroxyl groups excluding tert-OH is 1. The molecule has 2 aromatic rings. The molecule has 1 saturated carbocycles. The summed E-state index contributed by atoms with van der Waals surface area (Å²) < 4.78 is 67.3. The number of carbonyl (C=O) groups is 1. The fourth-order valence-electron chi connectivity index (χ4n) is 4.88. The van der Waals surface area contributed by atoms with E-state index >= 15 is 0 Å². The molecule has 2 fully saturated rings. The minimum Gasteiger partial charge on any atom is -0.392 e. The Morgan fingerprint density at radius 1 is 1.05 bits per heavy atom. The quantitative estimate of drug-likeness (QED) is 0.399. The van der Waals surface area contributed by atoms with Crippen LogP contribution in [-0.4, -0.2) is 67.0 Å². The first-order chi connectivity index (χ1) is 18.0. The summed E-state index contributed by atoms with van der Waals surface area (Å²) in [6.45, 7) is 1.52. The number of nitrogens with zero attached hydrogens (tertiary/aromatic N) is 2. The van der Waals surface area contributed by atoms with Gasteiger partial charge in [0.25, 0.3) is 5.91 Å². The number of hydrogen-bond donors (Lipinski definition) is 3. The number of hydrogen-bond acceptors (Lipinski definition) is 5. The van der Waals surface area contributed by atoms with Gasteiger partial charge in [-0.25, -0.2) is 8.78 Å². The summed E-state index contributed by atoms with van der Waals surface area (Å²) in [6, 6.07) is 7.07. The molecule has 1 saturated heterocycles. The Balaban J connectivity index is 1.42. The molecule has 1 aliphatic heterocycles. The van der Waals surface area contributed by atoms with Crippen molar-refractivity contribution in [2.75, 3.05) is 42.9 Å². The molecule has 38 heavy (non-hydrogen) atoms. The molecule has 0 radical (unpaired) electrons. The van der Waals surface area contributed by atoms with Gasteiger partial charge in [-0.05, 0) is 43.5 Å². The van der Waals surface area contributed by atoms with Crippen molar-refractivity contribution in [3.05, 3.63) is 58.1 Å². The van der Waals surface area contributed by atoms with Crippen molar-refractivity contribution in [2.24, 2.45) is 0 Å². The van der Waals surface area contributed by atoms with Crippen LogP contribution in [0.3, 0.4) is 0 Å². The van der Waals surface area contributed by atoms with Crippen molar-refractivity contribution in [2.45, 2.75) is 50.6 Å². The van der Waals surface area contributed by atoms with Gasteiger partial charge in [0.1, 0.15) is 0 Å². The Morgan fingerprint density at radius 2 is 1.79 bits per heavy atom. The van der Waals surface area contributed by atoms with E-state index in [2.05, 4.69) is 10.6 Å². The number of piperazine rings is 1. The Labute approximate surface area is 222 Å². The van der Waals surface area contributed by atoms with Crippen LogP contribution in [0.25, 0.3) is 0 Å². The molecule has 0 aromatic heterocycles. The van der Waals surface area contributed by atoms with Gasteiger partial charge in [0, 0.05) is 55.9 Å². The van der Waals surface area contributed by atoms with E-state index in [0.29, 0.717) is 49.0 Å². The average molecular weight is 561 g/mol. The van der Waals surface area contributed by atoms with E-state index in [4.69, 9.17) is 11.6 Å². The monoisotopic (exact) mass is 560 g/mol. The molecule has 1 heterocycles. The molecule has 3 N–H and O–H groups in total. The molecule has 4 rings (SSSR count). The van der Waals surface area contributed by atoms with Gasteiger partial charge in [-0.2, -0.15) is 13.2 Å². The second-order valence-electron chi connectivity index (χ2n) is 9.70. The van der Waals surface area contributed by atoms with Crippen LogP contribution in [0.4, 0.5) is 33.3 Å². The first-order valence-electron chi connectivity index (χ1n) is 12.5. The van der Waals surface area contributed by atoms with E-state index in [9.17, 15) is 31.9 Å². The minimum absolute atomic E-state index is 0.0165. The number of alkyl halides is 3. The molecule has 208 valence electrons. The van der Waals surface area contributed by atoms with Crippen molar-refractivity contribution in [3.8, 4) is 0 Å². The maximum Gasteiger partial charge on any atom is 0.390 e. The van der Waals surface area contributed by atoms with Gasteiger partial charge in [0.15, 0.2) is 11.6 Å². The minimum atomic E-state index is -4.22. The van der Waals surface area contributed by atoms with Crippen molar-refractivity contribution in [3.63, 3.8) is 0 Å². The highest BCUT2D eigenvalue weighted by molar-refractivity contribution is 6.31. The maximum absolute atomic E-state index is 14.9. The van der Waals surface area contributed by atoms with E-state index in [-0.39, 0.29) is 24.7 Å². The van der Waals surface area contributed by atoms with E-state index < -0.39 is 41.8 Å². The predicted octanol–water partition coefficient (Wildman–Crippen LogP) is 4.95. The van der Waals surface area contributed by atoms with Crippen molar-refractivity contribution < 1.29 is 31.9 Å². The van der Waals surface area contributed by atoms with Crippen molar-refractivity contribution in [1.29, 1.82) is 0 Å². The molecule has 6 nitrogen and oxygen atoms in total. The van der Waals surface area contributed by atoms with E-state index in [1.807, 2.05) is 4.90 Å². The smallest absolute Gasteiger partial charge is 0.390 e. The van der Waals surface area contributed by atoms with Gasteiger partial charge >= 0.3 is 6.18 Å². The molecule has 1 aliphatic carbocycles. The lowest BCUT2D eigenvalue weighted by molar-refractivity contribution is -0.138. The van der Waals surface area contributed by atoms with Gasteiger partial charge in [-0.1, -0.05) is 17.7 Å². The zero-order valence-electron chi connectivity index (χ0n) is 20.6. The first kappa shape index (κ1) is 28.5. The summed E-state index contributed by atoms with van der Waals surface area (Å²) in [5.41, 5.74) is 0.445. The van der Waals surface area contributed by atoms with Gasteiger partial charge in [-0.15, -0.1) is 0 Å². The molecule has 0 spiro atoms. The highest BCUT2D eigenvalue weighted by Gasteiger charge is 2.29. The van der Waals surface area contributed by atoms with Crippen LogP contribution in [0.1, 0.15) is 41.6 Å². The average Bonchev–Trinajstić information content (AvgIpc) is 3.29. The summed E-state index contributed by atoms with van der Waals surface area (Å²) in [5.74, 6) is -3.26. The molecule has 2 aliphatic rings. The lowest BCUT2D eigenvalue weighted by Crippen LogP contribution is -2.47. The van der Waals surface area contributed by atoms with Crippen LogP contribution < -0.4 is 15.5 Å². The normalized spacial score (nSPS) is 20.7. The van der Waals surface area contributed by atoms with E-state index in [1.54, 1.807) is 23.1 Å². The Kier molecular flexibility index (Phi) is 9.12. The fraction of sp³-hybridized carbons (Fsp3) is 0.500. The third kappa shape index (κ3) is 7.13. The molecule has 0 bridgehead atoms. The summed E-state index contributed by atoms with van der Waals surface area (Å²) >= 11 is 6.16. The summed E-state index contributed by atoms with van der Waals surface area (Å²) in [7, 11) is 0. The number of halogens is 6. The van der Waals surface area contributed by atoms with E-state index in [1.165, 1.54) is 12.1 Å². The lowest BCUT2D eigenvalue weighted by Gasteiger charge is -2.37. The summed E-state index contributed by atoms with van der Waals surface area (Å²) in [4.78, 5) is 16.5. The largest absolute Gasteiger partial charge is 0.392 e. The fourth-order valence-corrected chi connectivity index (χ4v) is 5.05. The Morgan fingerprint density at radius 3 is 2.45 bits per heavy atom. The SMILES string of the molecule is O=C(Nc1ccc(Cl)cc1N1CCN(CCC(F)(F)F)CC1)c1ccc(CN[C@@H]2CCC[C@H]2O)c(F)c1F. The third-order valence-electron chi connectivity index (χ3n) is 7.07. The molecule has 12 heteroatoms. The number of nitrogens with one attached hydrogen (secondary N) is 2. The maximum atomic E-state index is 14.9. The van der Waals surface area contributed by atoms with Crippen LogP contribution in [0.2, 0.25) is 5.02 Å². The molecule has 2 atom stereocenters. The number of aliphatic hydroxyl groups is 1. The molecule has 0 unspecified atom stereocenters. The summed E-state index contributed by atoms with van der Waals surface area (Å²) in [6.07, 6.45) is -3.36. The number of anilines is 2. The lowest BCUT2D eigenvalue weighted by atomic mass is 10.1. The van der Waals surface area contributed by atoms with Crippen LogP contribution >= 0.6 is 11.6 Å². The number of amides is 1. The van der Waals surface area contributed by atoms with Gasteiger partial charge in [-0.3, -0.25) is 9.69 Å². The van der Waals surface area contributed by atoms with Gasteiger partial charge in [0.2, 0.25) is 0 Å². The van der Waals surface area contributed by atoms with Crippen LogP contribution in [0.5, 0.6) is 0 Å². The molecule has 1 amide bonds. The van der Waals surface area contributed by atoms with E-state index in [0.717, 1.165) is 12.8 Å². The second kappa shape index (κ2) is 12.1. The van der Waals surface area contributed by atoms with Crippen molar-refractivity contribution in [1.82, 2.24) is 10.2 Å². The number of carbonyl (C=O) groups excluding carboxylic acids is 1. The highest BCUT2D eigenvalue weighted by Crippen LogP contribution is 2.31. The Hall–Kier alpha value is -2.47. The second-order valence-corrected chi connectivity index (χ2v) is 10.1. The predicted molar refractivity (Wildman–Crippen MR) is 136 cm³/mol. The molecular weight excluding hydrogens is 531 g/mol. The van der Waals surface area contributed by atoms with Crippen LogP contribution in [-0.2, 0) is 6.54 Å². The summed E-state index contributed by atoms with van der Waals surface area (Å²) in [5, 5.41) is 16.0. The first-order valence-corrected chi connectivity index (χ1v) is 12.9. The molecule has 2 aromatic carbocycles. The zero-order chi connectivity index (χ0) is 27.4. The third-order valence-corrected chi connectivity index (χ3v) is 7.31. The zero-order valence-corrected chi connectivity index (χ0v) is 21.4. The topological polar surface area (TPSA) is 67.8 Å². The highest BCUT2D eigenvalue weighted by atomic mass is 35.5.